The van der Waals surface area contributed by atoms with Gasteiger partial charge in [0.2, 0.25) is 5.91 Å². The molecule has 0 aromatic heterocycles. The fourth-order valence-corrected chi connectivity index (χ4v) is 8.32. The number of hydrogen-bond acceptors (Lipinski definition) is 6. The lowest BCUT2D eigenvalue weighted by molar-refractivity contribution is -0.164. The van der Waals surface area contributed by atoms with E-state index in [4.69, 9.17) is 9.84 Å². The number of carboxylic acid groups (broad SMARTS) is 1. The van der Waals surface area contributed by atoms with Gasteiger partial charge in [-0.3, -0.25) is 14.4 Å². The number of esters is 1. The van der Waals surface area contributed by atoms with Crippen LogP contribution in [0.2, 0.25) is 0 Å². The zero-order valence-corrected chi connectivity index (χ0v) is 21.3. The summed E-state index contributed by atoms with van der Waals surface area (Å²) in [5, 5.41) is 11.4. The fourth-order valence-electron chi connectivity index (χ4n) is 8.08. The second-order valence-electron chi connectivity index (χ2n) is 11.6. The molecule has 0 unspecified atom stereocenters. The van der Waals surface area contributed by atoms with Gasteiger partial charge >= 0.3 is 11.9 Å². The van der Waals surface area contributed by atoms with Gasteiger partial charge in [0, 0.05) is 30.4 Å². The Bertz CT molecular complexity index is 847. The molecule has 0 heterocycles. The SMILES string of the molecule is C[C@]12CCC(=O)C[C@@H]1CC[C@@H]1[C@@H]2CC[C@]2(C)[C@H](OC(=O)CCC(=O)N[C@@H](CS)C(=O)O)CC[C@@H]12. The van der Waals surface area contributed by atoms with E-state index < -0.39 is 17.9 Å². The summed E-state index contributed by atoms with van der Waals surface area (Å²) >= 11 is 3.93. The number of carboxylic acids is 1. The average Bonchev–Trinajstić information content (AvgIpc) is 3.12. The number of ether oxygens (including phenoxy) is 1. The maximum atomic E-state index is 12.6. The Morgan fingerprint density at radius 2 is 1.79 bits per heavy atom. The summed E-state index contributed by atoms with van der Waals surface area (Å²) in [6.07, 6.45) is 8.66. The van der Waals surface area contributed by atoms with Gasteiger partial charge in [-0.2, -0.15) is 12.6 Å². The number of rotatable bonds is 7. The highest BCUT2D eigenvalue weighted by Crippen LogP contribution is 2.66. The summed E-state index contributed by atoms with van der Waals surface area (Å²) in [5.41, 5.74) is 0.230. The quantitative estimate of drug-likeness (QED) is 0.368. The third-order valence-electron chi connectivity index (χ3n) is 10.0. The number of carbonyl (C=O) groups excluding carboxylic acids is 3. The second kappa shape index (κ2) is 9.82. The fraction of sp³-hybridized carbons (Fsp3) is 0.846. The lowest BCUT2D eigenvalue weighted by Gasteiger charge is -2.60. The van der Waals surface area contributed by atoms with Crippen LogP contribution in [-0.2, 0) is 23.9 Å². The molecule has 190 valence electrons. The van der Waals surface area contributed by atoms with Gasteiger partial charge in [-0.15, -0.1) is 0 Å². The summed E-state index contributed by atoms with van der Waals surface area (Å²) in [7, 11) is 0. The average molecular weight is 494 g/mol. The van der Waals surface area contributed by atoms with Gasteiger partial charge in [0.15, 0.2) is 0 Å². The molecule has 7 nitrogen and oxygen atoms in total. The lowest BCUT2D eigenvalue weighted by atomic mass is 9.45. The highest BCUT2D eigenvalue weighted by Gasteiger charge is 2.61. The van der Waals surface area contributed by atoms with Crippen molar-refractivity contribution < 1.29 is 29.0 Å². The molecule has 0 radical (unpaired) electrons. The summed E-state index contributed by atoms with van der Waals surface area (Å²) in [4.78, 5) is 47.8. The van der Waals surface area contributed by atoms with Crippen LogP contribution in [0.3, 0.4) is 0 Å². The van der Waals surface area contributed by atoms with Gasteiger partial charge in [-0.05, 0) is 74.0 Å². The van der Waals surface area contributed by atoms with Crippen LogP contribution in [0.15, 0.2) is 0 Å². The van der Waals surface area contributed by atoms with E-state index in [1.54, 1.807) is 0 Å². The Morgan fingerprint density at radius 3 is 2.50 bits per heavy atom. The Morgan fingerprint density at radius 1 is 1.06 bits per heavy atom. The van der Waals surface area contributed by atoms with E-state index in [1.807, 2.05) is 0 Å². The number of Topliss-reactive ketones (excluding diaryl/α,β-unsaturated/α-hetero) is 1. The Kier molecular flexibility index (Phi) is 7.37. The van der Waals surface area contributed by atoms with Gasteiger partial charge in [0.25, 0.3) is 0 Å². The molecule has 0 aromatic carbocycles. The van der Waals surface area contributed by atoms with Crippen molar-refractivity contribution in [3.63, 3.8) is 0 Å². The number of nitrogens with one attached hydrogen (secondary N) is 1. The first-order chi connectivity index (χ1) is 16.1. The van der Waals surface area contributed by atoms with Crippen LogP contribution in [0, 0.1) is 34.5 Å². The molecule has 8 heteroatoms. The van der Waals surface area contributed by atoms with Gasteiger partial charge in [0.05, 0.1) is 6.42 Å². The van der Waals surface area contributed by atoms with E-state index >= 15 is 0 Å². The molecule has 0 aliphatic heterocycles. The number of hydrogen-bond donors (Lipinski definition) is 3. The van der Waals surface area contributed by atoms with Crippen LogP contribution in [0.5, 0.6) is 0 Å². The van der Waals surface area contributed by atoms with Crippen LogP contribution in [0.1, 0.15) is 84.5 Å². The lowest BCUT2D eigenvalue weighted by Crippen LogP contribution is -2.54. The predicted octanol–water partition coefficient (Wildman–Crippen LogP) is 3.79. The van der Waals surface area contributed by atoms with Crippen LogP contribution < -0.4 is 5.32 Å². The number of ketones is 1. The van der Waals surface area contributed by atoms with Crippen LogP contribution >= 0.6 is 12.6 Å². The predicted molar refractivity (Wildman–Crippen MR) is 129 cm³/mol. The molecule has 0 aromatic rings. The number of amides is 1. The monoisotopic (exact) mass is 493 g/mol. The Hall–Kier alpha value is -1.57. The number of carbonyl (C=O) groups is 4. The molecule has 4 aliphatic rings. The van der Waals surface area contributed by atoms with E-state index in [2.05, 4.69) is 31.8 Å². The Labute approximate surface area is 207 Å². The molecular formula is C26H39NO6S. The molecule has 34 heavy (non-hydrogen) atoms. The van der Waals surface area contributed by atoms with E-state index in [0.29, 0.717) is 29.5 Å². The van der Waals surface area contributed by atoms with Crippen molar-refractivity contribution in [1.29, 1.82) is 0 Å². The minimum Gasteiger partial charge on any atom is -0.480 e. The van der Waals surface area contributed by atoms with E-state index in [1.165, 1.54) is 6.42 Å². The van der Waals surface area contributed by atoms with Crippen LogP contribution in [0.25, 0.3) is 0 Å². The largest absolute Gasteiger partial charge is 0.480 e. The molecule has 4 saturated carbocycles. The Balaban J connectivity index is 1.34. The molecular weight excluding hydrogens is 454 g/mol. The van der Waals surface area contributed by atoms with Crippen molar-refractivity contribution in [2.24, 2.45) is 34.5 Å². The number of aliphatic carboxylic acids is 1. The van der Waals surface area contributed by atoms with Crippen molar-refractivity contribution in [1.82, 2.24) is 5.32 Å². The minimum absolute atomic E-state index is 0.00834. The van der Waals surface area contributed by atoms with Crippen LogP contribution in [0.4, 0.5) is 0 Å². The molecule has 0 bridgehead atoms. The van der Waals surface area contributed by atoms with Crippen molar-refractivity contribution >= 4 is 36.3 Å². The van der Waals surface area contributed by atoms with E-state index in [9.17, 15) is 19.2 Å². The third kappa shape index (κ3) is 4.63. The highest BCUT2D eigenvalue weighted by atomic mass is 32.1. The highest BCUT2D eigenvalue weighted by molar-refractivity contribution is 7.80. The zero-order chi connectivity index (χ0) is 24.7. The zero-order valence-electron chi connectivity index (χ0n) is 20.4. The molecule has 0 saturated heterocycles. The van der Waals surface area contributed by atoms with Crippen LogP contribution in [-0.4, -0.2) is 46.6 Å². The number of fused-ring (bicyclic) bond motifs is 5. The molecule has 0 spiro atoms. The number of thiol groups is 1. The van der Waals surface area contributed by atoms with Crippen molar-refractivity contribution in [2.45, 2.75) is 96.6 Å². The maximum absolute atomic E-state index is 12.6. The standard InChI is InChI=1S/C26H39NO6S/c1-25-11-9-16(28)13-15(25)3-4-17-18-5-6-21(26(18,2)12-10-19(17)25)33-23(30)8-7-22(29)27-20(14-34)24(31)32/h15,17-21,34H,3-14H2,1-2H3,(H,27,29)(H,31,32)/t15-,17-,18-,19-,20-,21+,25-,26-/m0/s1. The third-order valence-corrected chi connectivity index (χ3v) is 10.4. The molecule has 4 fully saturated rings. The molecule has 8 atom stereocenters. The van der Waals surface area contributed by atoms with Gasteiger partial charge in [0.1, 0.15) is 17.9 Å². The first kappa shape index (κ1) is 25.5. The summed E-state index contributed by atoms with van der Waals surface area (Å²) in [5.74, 6) is 0.779. The summed E-state index contributed by atoms with van der Waals surface area (Å²) < 4.78 is 5.94. The van der Waals surface area contributed by atoms with Crippen molar-refractivity contribution in [2.75, 3.05) is 5.75 Å². The topological polar surface area (TPSA) is 110 Å². The van der Waals surface area contributed by atoms with E-state index in [-0.39, 0.29) is 41.5 Å². The second-order valence-corrected chi connectivity index (χ2v) is 12.0. The van der Waals surface area contributed by atoms with Crippen molar-refractivity contribution in [3.8, 4) is 0 Å². The minimum atomic E-state index is -1.14. The van der Waals surface area contributed by atoms with Gasteiger partial charge in [-0.25, -0.2) is 4.79 Å². The summed E-state index contributed by atoms with van der Waals surface area (Å²) in [6.45, 7) is 4.72. The summed E-state index contributed by atoms with van der Waals surface area (Å²) in [6, 6.07) is -1.06. The molecule has 4 aliphatic carbocycles. The molecule has 1 amide bonds. The van der Waals surface area contributed by atoms with Gasteiger partial charge in [-0.1, -0.05) is 13.8 Å². The molecule has 2 N–H and O–H groups in total. The smallest absolute Gasteiger partial charge is 0.327 e. The first-order valence-corrected chi connectivity index (χ1v) is 13.6. The van der Waals surface area contributed by atoms with Crippen molar-refractivity contribution in [3.05, 3.63) is 0 Å². The molecule has 4 rings (SSSR count). The first-order valence-electron chi connectivity index (χ1n) is 12.9. The van der Waals surface area contributed by atoms with E-state index in [0.717, 1.165) is 51.4 Å². The maximum Gasteiger partial charge on any atom is 0.327 e. The normalized spacial score (nSPS) is 39.9. The van der Waals surface area contributed by atoms with Gasteiger partial charge < -0.3 is 15.2 Å².